The zero-order chi connectivity index (χ0) is 24.9. The van der Waals surface area contributed by atoms with Crippen LogP contribution in [0.3, 0.4) is 0 Å². The van der Waals surface area contributed by atoms with Crippen molar-refractivity contribution >= 4 is 28.8 Å². The summed E-state index contributed by atoms with van der Waals surface area (Å²) in [5, 5.41) is 16.5. The summed E-state index contributed by atoms with van der Waals surface area (Å²) in [7, 11) is 1.20. The molecule has 0 aliphatic heterocycles. The van der Waals surface area contributed by atoms with Crippen LogP contribution in [0.15, 0.2) is 52.4 Å². The molecule has 0 amide bonds. The lowest BCUT2D eigenvalue weighted by Crippen LogP contribution is -2.26. The Bertz CT molecular complexity index is 1340. The number of carbonyl (C=O) groups excluding carboxylic acids is 1. The Labute approximate surface area is 201 Å². The van der Waals surface area contributed by atoms with Gasteiger partial charge < -0.3 is 9.47 Å². The van der Waals surface area contributed by atoms with Crippen LogP contribution in [0.25, 0.3) is 10.9 Å². The Balaban J connectivity index is 1.83. The third kappa shape index (κ3) is 5.06. The molecular formula is C25H26N4O6. The van der Waals surface area contributed by atoms with E-state index in [0.29, 0.717) is 16.7 Å². The summed E-state index contributed by atoms with van der Waals surface area (Å²) in [6.07, 6.45) is 5.29. The Morgan fingerprint density at radius 2 is 1.94 bits per heavy atom. The van der Waals surface area contributed by atoms with Gasteiger partial charge in [-0.25, -0.2) is 9.78 Å². The maximum atomic E-state index is 13.4. The molecule has 1 aliphatic carbocycles. The van der Waals surface area contributed by atoms with E-state index in [0.717, 1.165) is 32.1 Å². The first kappa shape index (κ1) is 24.1. The number of carbonyl (C=O) groups is 1. The molecule has 4 rings (SSSR count). The van der Waals surface area contributed by atoms with Crippen molar-refractivity contribution in [3.63, 3.8) is 0 Å². The van der Waals surface area contributed by atoms with E-state index in [1.54, 1.807) is 24.3 Å². The number of benzene rings is 2. The Morgan fingerprint density at radius 3 is 2.66 bits per heavy atom. The number of nitrogens with zero attached hydrogens (tertiary/aromatic N) is 4. The van der Waals surface area contributed by atoms with Gasteiger partial charge in [0.25, 0.3) is 5.56 Å². The van der Waals surface area contributed by atoms with Crippen molar-refractivity contribution in [1.29, 1.82) is 0 Å². The number of fused-ring (bicyclic) bond motifs is 1. The quantitative estimate of drug-likeness (QED) is 0.216. The van der Waals surface area contributed by atoms with Crippen LogP contribution in [0.5, 0.6) is 5.75 Å². The minimum Gasteiger partial charge on any atom is -0.471 e. The van der Waals surface area contributed by atoms with Gasteiger partial charge in [0, 0.05) is 17.5 Å². The van der Waals surface area contributed by atoms with Crippen molar-refractivity contribution in [2.45, 2.75) is 51.0 Å². The van der Waals surface area contributed by atoms with Crippen molar-refractivity contribution < 1.29 is 19.2 Å². The van der Waals surface area contributed by atoms with E-state index >= 15 is 0 Å². The molecule has 1 aromatic heterocycles. The highest BCUT2D eigenvalue weighted by atomic mass is 16.6. The van der Waals surface area contributed by atoms with Gasteiger partial charge in [-0.05, 0) is 38.0 Å². The Kier molecular flexibility index (Phi) is 7.19. The fourth-order valence-electron chi connectivity index (χ4n) is 4.30. The molecule has 0 N–H and O–H groups in total. The second kappa shape index (κ2) is 10.5. The molecule has 2 aromatic carbocycles. The highest BCUT2D eigenvalue weighted by Gasteiger charge is 2.25. The van der Waals surface area contributed by atoms with Crippen LogP contribution < -0.4 is 10.3 Å². The molecule has 1 atom stereocenters. The normalized spacial score (nSPS) is 15.3. The van der Waals surface area contributed by atoms with E-state index in [2.05, 4.69) is 9.84 Å². The fraction of sp³-hybridized carbons (Fsp3) is 0.360. The van der Waals surface area contributed by atoms with Gasteiger partial charge in [0.1, 0.15) is 5.82 Å². The summed E-state index contributed by atoms with van der Waals surface area (Å²) in [4.78, 5) is 41.1. The van der Waals surface area contributed by atoms with Crippen LogP contribution in [-0.4, -0.2) is 40.0 Å². The summed E-state index contributed by atoms with van der Waals surface area (Å²) in [5.74, 6) is -0.167. The molecule has 3 aromatic rings. The van der Waals surface area contributed by atoms with Crippen LogP contribution in [0.2, 0.25) is 0 Å². The lowest BCUT2D eigenvalue weighted by molar-refractivity contribution is -0.386. The van der Waals surface area contributed by atoms with E-state index in [4.69, 9.17) is 9.72 Å². The molecule has 0 radical (unpaired) electrons. The van der Waals surface area contributed by atoms with E-state index in [9.17, 15) is 19.7 Å². The molecule has 1 saturated carbocycles. The predicted molar refractivity (Wildman–Crippen MR) is 130 cm³/mol. The average molecular weight is 479 g/mol. The van der Waals surface area contributed by atoms with Crippen LogP contribution in [-0.2, 0) is 9.53 Å². The number of ether oxygens (including phenoxy) is 2. The largest absolute Gasteiger partial charge is 0.471 e. The summed E-state index contributed by atoms with van der Waals surface area (Å²) < 4.78 is 11.6. The number of esters is 1. The number of methoxy groups -OCH3 is 1. The monoisotopic (exact) mass is 478 g/mol. The average Bonchev–Trinajstić information content (AvgIpc) is 2.88. The van der Waals surface area contributed by atoms with E-state index in [1.165, 1.54) is 37.1 Å². The fourth-order valence-corrected chi connectivity index (χ4v) is 4.30. The number of aromatic nitrogens is 2. The molecule has 1 heterocycles. The summed E-state index contributed by atoms with van der Waals surface area (Å²) >= 11 is 0. The number of hydrogen-bond acceptors (Lipinski definition) is 8. The van der Waals surface area contributed by atoms with E-state index in [-0.39, 0.29) is 28.5 Å². The van der Waals surface area contributed by atoms with E-state index in [1.807, 2.05) is 6.07 Å². The second-order valence-electron chi connectivity index (χ2n) is 8.42. The summed E-state index contributed by atoms with van der Waals surface area (Å²) in [6, 6.07) is 11.4. The lowest BCUT2D eigenvalue weighted by atomic mass is 9.88. The first-order chi connectivity index (χ1) is 16.9. The highest BCUT2D eigenvalue weighted by molar-refractivity contribution is 5.86. The number of nitro groups is 1. The Hall–Kier alpha value is -4.08. The molecule has 182 valence electrons. The van der Waals surface area contributed by atoms with Gasteiger partial charge in [0.05, 0.1) is 29.2 Å². The van der Waals surface area contributed by atoms with Crippen LogP contribution in [0.4, 0.5) is 5.69 Å². The first-order valence-corrected chi connectivity index (χ1v) is 11.5. The third-order valence-electron chi connectivity index (χ3n) is 6.11. The molecule has 1 fully saturated rings. The third-order valence-corrected chi connectivity index (χ3v) is 6.11. The second-order valence-corrected chi connectivity index (χ2v) is 8.42. The maximum absolute atomic E-state index is 13.4. The van der Waals surface area contributed by atoms with E-state index < -0.39 is 17.0 Å². The minimum absolute atomic E-state index is 0.0818. The van der Waals surface area contributed by atoms with Crippen molar-refractivity contribution in [2.24, 2.45) is 5.10 Å². The van der Waals surface area contributed by atoms with Gasteiger partial charge in [0.2, 0.25) is 5.75 Å². The molecule has 0 unspecified atom stereocenters. The smallest absolute Gasteiger partial charge is 0.346 e. The van der Waals surface area contributed by atoms with Gasteiger partial charge in [-0.2, -0.15) is 9.78 Å². The van der Waals surface area contributed by atoms with Crippen LogP contribution in [0, 0.1) is 10.1 Å². The molecule has 35 heavy (non-hydrogen) atoms. The molecule has 10 nitrogen and oxygen atoms in total. The summed E-state index contributed by atoms with van der Waals surface area (Å²) in [6.45, 7) is 1.43. The zero-order valence-corrected chi connectivity index (χ0v) is 19.5. The predicted octanol–water partition coefficient (Wildman–Crippen LogP) is 4.17. The molecule has 10 heteroatoms. The van der Waals surface area contributed by atoms with Gasteiger partial charge in [0.15, 0.2) is 6.10 Å². The zero-order valence-electron chi connectivity index (χ0n) is 19.5. The van der Waals surface area contributed by atoms with Gasteiger partial charge >= 0.3 is 11.7 Å². The Morgan fingerprint density at radius 1 is 1.20 bits per heavy atom. The van der Waals surface area contributed by atoms with Crippen LogP contribution in [0.1, 0.15) is 56.3 Å². The molecular weight excluding hydrogens is 452 g/mol. The maximum Gasteiger partial charge on any atom is 0.346 e. The van der Waals surface area contributed by atoms with Gasteiger partial charge in [-0.15, -0.1) is 0 Å². The van der Waals surface area contributed by atoms with Crippen molar-refractivity contribution in [3.05, 3.63) is 74.3 Å². The summed E-state index contributed by atoms with van der Waals surface area (Å²) in [5.41, 5.74) is 0.199. The lowest BCUT2D eigenvalue weighted by Gasteiger charge is -2.22. The van der Waals surface area contributed by atoms with Crippen molar-refractivity contribution in [1.82, 2.24) is 9.66 Å². The van der Waals surface area contributed by atoms with Crippen molar-refractivity contribution in [2.75, 3.05) is 7.11 Å². The minimum atomic E-state index is -1.09. The van der Waals surface area contributed by atoms with Gasteiger partial charge in [-0.3, -0.25) is 14.9 Å². The topological polar surface area (TPSA) is 126 Å². The van der Waals surface area contributed by atoms with Crippen LogP contribution >= 0.6 is 0 Å². The molecule has 0 saturated heterocycles. The van der Waals surface area contributed by atoms with Crippen molar-refractivity contribution in [3.8, 4) is 5.75 Å². The molecule has 0 bridgehead atoms. The SMILES string of the molecule is COC(=O)[C@@H](C)Oc1c(C=Nn2c(C3CCCCC3)nc3ccccc3c2=O)cccc1[N+](=O)[O-]. The number of hydrogen-bond donors (Lipinski definition) is 0. The molecule has 1 aliphatic rings. The van der Waals surface area contributed by atoms with Gasteiger partial charge in [-0.1, -0.05) is 37.5 Å². The number of rotatable bonds is 7. The molecule has 0 spiro atoms. The highest BCUT2D eigenvalue weighted by Crippen LogP contribution is 2.33. The standard InChI is InChI=1S/C25H26N4O6/c1-16(25(31)34-2)35-22-18(11-8-14-21(22)29(32)33)15-26-28-23(17-9-4-3-5-10-17)27-20-13-7-6-12-19(20)24(28)30/h6-8,11-17H,3-5,9-10H2,1-2H3/t16-/m1/s1. The number of para-hydroxylation sites is 2. The first-order valence-electron chi connectivity index (χ1n) is 11.5. The number of nitro benzene ring substituents is 1.